The van der Waals surface area contributed by atoms with Crippen LogP contribution in [0.1, 0.15) is 59.8 Å². The summed E-state index contributed by atoms with van der Waals surface area (Å²) in [5.74, 6) is -1.88. The lowest BCUT2D eigenvalue weighted by molar-refractivity contribution is -0.141. The first-order valence-electron chi connectivity index (χ1n) is 12.8. The molecule has 1 aliphatic heterocycles. The summed E-state index contributed by atoms with van der Waals surface area (Å²) in [5, 5.41) is 15.8. The van der Waals surface area contributed by atoms with Crippen molar-refractivity contribution in [2.75, 3.05) is 11.9 Å². The highest BCUT2D eigenvalue weighted by Crippen LogP contribution is 2.47. The Balaban J connectivity index is 1.52. The van der Waals surface area contributed by atoms with Gasteiger partial charge in [-0.05, 0) is 42.7 Å². The van der Waals surface area contributed by atoms with E-state index in [1.54, 1.807) is 24.5 Å². The molecule has 204 valence electrons. The van der Waals surface area contributed by atoms with E-state index in [4.69, 9.17) is 0 Å². The number of aromatic nitrogens is 1. The number of β-amino-alcohol motifs (C(OH)–C–C–N with tert-alkyl or cyclic N) is 1. The second-order valence-electron chi connectivity index (χ2n) is 11.5. The molecule has 1 saturated heterocycles. The lowest BCUT2D eigenvalue weighted by Gasteiger charge is -2.36. The van der Waals surface area contributed by atoms with Crippen LogP contribution in [0.2, 0.25) is 0 Å². The van der Waals surface area contributed by atoms with Crippen molar-refractivity contribution >= 4 is 33.4 Å². The molecule has 12 heteroatoms. The quantitative estimate of drug-likeness (QED) is 0.361. The molecular formula is C25H37N5O6S. The summed E-state index contributed by atoms with van der Waals surface area (Å²) >= 11 is 0. The van der Waals surface area contributed by atoms with Crippen LogP contribution in [0.5, 0.6) is 0 Å². The number of anilines is 1. The Morgan fingerprint density at radius 2 is 1.97 bits per heavy atom. The maximum atomic E-state index is 13.8. The largest absolute Gasteiger partial charge is 0.391 e. The van der Waals surface area contributed by atoms with Crippen LogP contribution in [0, 0.1) is 11.3 Å². The molecule has 0 spiro atoms. The third-order valence-electron chi connectivity index (χ3n) is 7.50. The minimum absolute atomic E-state index is 0.0231. The zero-order valence-electron chi connectivity index (χ0n) is 21.7. The van der Waals surface area contributed by atoms with Gasteiger partial charge >= 0.3 is 0 Å². The maximum Gasteiger partial charge on any atom is 0.259 e. The molecule has 4 rings (SSSR count). The molecule has 0 aromatic carbocycles. The number of sulfonamides is 1. The summed E-state index contributed by atoms with van der Waals surface area (Å²) < 4.78 is 26.9. The van der Waals surface area contributed by atoms with Crippen LogP contribution in [-0.4, -0.2) is 76.7 Å². The Morgan fingerprint density at radius 3 is 2.51 bits per heavy atom. The van der Waals surface area contributed by atoms with Gasteiger partial charge in [-0.3, -0.25) is 24.1 Å². The Bertz CT molecular complexity index is 1150. The van der Waals surface area contributed by atoms with E-state index in [0.717, 1.165) is 0 Å². The van der Waals surface area contributed by atoms with Crippen molar-refractivity contribution in [2.24, 2.45) is 11.3 Å². The molecule has 2 heterocycles. The zero-order valence-corrected chi connectivity index (χ0v) is 22.5. The van der Waals surface area contributed by atoms with E-state index < -0.39 is 56.2 Å². The standard InChI is InChI=1S/C25H37N5O6S/c1-5-15-12-25(15,23(34)29-37(35,36)18-8-9-18)28-21(32)19-11-17(31)14-30(19)22(33)20(24(2,3)4)27-16-7-6-10-26-13-16/h6-7,10,13,15,17-20,27,31H,5,8-9,11-12,14H2,1-4H3,(H,28,32)(H,29,34)/t15-,17-,19+,20-,25?/m1/s1. The number of hydrogen-bond donors (Lipinski definition) is 4. The van der Waals surface area contributed by atoms with Gasteiger partial charge in [0.1, 0.15) is 17.6 Å². The molecule has 1 aromatic rings. The second-order valence-corrected chi connectivity index (χ2v) is 13.5. The molecule has 3 aliphatic rings. The molecule has 37 heavy (non-hydrogen) atoms. The number of pyridine rings is 1. The Hall–Kier alpha value is -2.73. The van der Waals surface area contributed by atoms with Crippen LogP contribution in [0.15, 0.2) is 24.5 Å². The molecule has 1 unspecified atom stereocenters. The smallest absolute Gasteiger partial charge is 0.259 e. The molecule has 2 aliphatic carbocycles. The van der Waals surface area contributed by atoms with E-state index in [9.17, 15) is 27.9 Å². The molecule has 1 aromatic heterocycles. The minimum Gasteiger partial charge on any atom is -0.391 e. The summed E-state index contributed by atoms with van der Waals surface area (Å²) in [6.45, 7) is 7.54. The predicted octanol–water partition coefficient (Wildman–Crippen LogP) is 0.763. The van der Waals surface area contributed by atoms with E-state index in [2.05, 4.69) is 20.3 Å². The van der Waals surface area contributed by atoms with Crippen LogP contribution in [0.4, 0.5) is 5.69 Å². The van der Waals surface area contributed by atoms with Crippen molar-refractivity contribution < 1.29 is 27.9 Å². The van der Waals surface area contributed by atoms with Gasteiger partial charge in [0, 0.05) is 25.4 Å². The molecule has 3 amide bonds. The van der Waals surface area contributed by atoms with E-state index in [-0.39, 0.29) is 24.8 Å². The van der Waals surface area contributed by atoms with Crippen LogP contribution in [0.25, 0.3) is 0 Å². The topological polar surface area (TPSA) is 158 Å². The summed E-state index contributed by atoms with van der Waals surface area (Å²) in [7, 11) is -3.78. The lowest BCUT2D eigenvalue weighted by atomic mass is 9.85. The van der Waals surface area contributed by atoms with Gasteiger partial charge < -0.3 is 20.6 Å². The molecule has 0 radical (unpaired) electrons. The average molecular weight is 536 g/mol. The van der Waals surface area contributed by atoms with Gasteiger partial charge in [0.15, 0.2) is 0 Å². The molecule has 2 saturated carbocycles. The van der Waals surface area contributed by atoms with Crippen molar-refractivity contribution in [1.29, 1.82) is 0 Å². The Kier molecular flexibility index (Phi) is 7.28. The molecule has 5 atom stereocenters. The lowest BCUT2D eigenvalue weighted by Crippen LogP contribution is -2.58. The zero-order chi connectivity index (χ0) is 27.2. The van der Waals surface area contributed by atoms with Gasteiger partial charge in [0.2, 0.25) is 21.8 Å². The first kappa shape index (κ1) is 27.3. The fraction of sp³-hybridized carbons (Fsp3) is 0.680. The van der Waals surface area contributed by atoms with E-state index in [0.29, 0.717) is 31.4 Å². The second kappa shape index (κ2) is 9.86. The summed E-state index contributed by atoms with van der Waals surface area (Å²) in [6.07, 6.45) is 4.27. The van der Waals surface area contributed by atoms with E-state index in [1.165, 1.54) is 4.90 Å². The van der Waals surface area contributed by atoms with Gasteiger partial charge in [0.25, 0.3) is 5.91 Å². The van der Waals surface area contributed by atoms with Gasteiger partial charge in [0.05, 0.1) is 17.0 Å². The summed E-state index contributed by atoms with van der Waals surface area (Å²) in [4.78, 5) is 45.8. The van der Waals surface area contributed by atoms with Crippen molar-refractivity contribution in [2.45, 2.75) is 88.8 Å². The van der Waals surface area contributed by atoms with Crippen molar-refractivity contribution in [3.05, 3.63) is 24.5 Å². The molecule has 4 N–H and O–H groups in total. The highest BCUT2D eigenvalue weighted by atomic mass is 32.2. The Morgan fingerprint density at radius 1 is 1.27 bits per heavy atom. The number of rotatable bonds is 9. The number of aliphatic hydroxyl groups excluding tert-OH is 1. The average Bonchev–Trinajstić information content (AvgIpc) is 3.74. The fourth-order valence-corrected chi connectivity index (χ4v) is 6.39. The van der Waals surface area contributed by atoms with Crippen LogP contribution in [-0.2, 0) is 24.4 Å². The van der Waals surface area contributed by atoms with Crippen molar-refractivity contribution in [3.8, 4) is 0 Å². The molecule has 11 nitrogen and oxygen atoms in total. The molecule has 3 fully saturated rings. The van der Waals surface area contributed by atoms with Gasteiger partial charge in [-0.2, -0.15) is 0 Å². The van der Waals surface area contributed by atoms with E-state index >= 15 is 0 Å². The Labute approximate surface area is 217 Å². The van der Waals surface area contributed by atoms with Crippen molar-refractivity contribution in [1.82, 2.24) is 19.9 Å². The van der Waals surface area contributed by atoms with Gasteiger partial charge in [-0.25, -0.2) is 8.42 Å². The molecule has 0 bridgehead atoms. The third-order valence-corrected chi connectivity index (χ3v) is 9.32. The van der Waals surface area contributed by atoms with Crippen molar-refractivity contribution in [3.63, 3.8) is 0 Å². The highest BCUT2D eigenvalue weighted by Gasteiger charge is 2.62. The number of likely N-dealkylation sites (tertiary alicyclic amines) is 1. The SMILES string of the molecule is CC[C@@H]1CC1(NC(=O)[C@@H]1C[C@@H](O)CN1C(=O)[C@@H](Nc1cccnc1)C(C)(C)C)C(=O)NS(=O)(=O)C1CC1. The minimum atomic E-state index is -3.78. The van der Waals surface area contributed by atoms with Crippen LogP contribution >= 0.6 is 0 Å². The number of nitrogens with zero attached hydrogens (tertiary/aromatic N) is 2. The fourth-order valence-electron chi connectivity index (χ4n) is 5.03. The maximum absolute atomic E-state index is 13.8. The highest BCUT2D eigenvalue weighted by molar-refractivity contribution is 7.91. The predicted molar refractivity (Wildman–Crippen MR) is 137 cm³/mol. The number of carbonyl (C=O) groups excluding carboxylic acids is 3. The number of carbonyl (C=O) groups is 3. The number of aliphatic hydroxyl groups is 1. The van der Waals surface area contributed by atoms with Gasteiger partial charge in [-0.1, -0.05) is 34.1 Å². The normalized spacial score (nSPS) is 28.4. The van der Waals surface area contributed by atoms with Gasteiger partial charge in [-0.15, -0.1) is 0 Å². The summed E-state index contributed by atoms with van der Waals surface area (Å²) in [6, 6.07) is 1.82. The number of nitrogens with one attached hydrogen (secondary N) is 3. The van der Waals surface area contributed by atoms with E-state index in [1.807, 2.05) is 27.7 Å². The number of amides is 3. The monoisotopic (exact) mass is 535 g/mol. The first-order valence-corrected chi connectivity index (χ1v) is 14.4. The van der Waals surface area contributed by atoms with Crippen LogP contribution < -0.4 is 15.4 Å². The van der Waals surface area contributed by atoms with Crippen LogP contribution in [0.3, 0.4) is 0 Å². The number of hydrogen-bond acceptors (Lipinski definition) is 8. The molecular weight excluding hydrogens is 498 g/mol. The first-order chi connectivity index (χ1) is 17.3. The summed E-state index contributed by atoms with van der Waals surface area (Å²) in [5.41, 5.74) is -1.23. The third kappa shape index (κ3) is 5.74.